The number of carbonyl (C=O) groups excluding carboxylic acids is 1. The average molecular weight is 318 g/mol. The van der Waals surface area contributed by atoms with E-state index in [1.54, 1.807) is 11.3 Å². The Morgan fingerprint density at radius 1 is 1.65 bits per heavy atom. The second-order valence-electron chi connectivity index (χ2n) is 4.26. The minimum absolute atomic E-state index is 0.0626. The summed E-state index contributed by atoms with van der Waals surface area (Å²) in [7, 11) is 1.47. The molecule has 2 rings (SSSR count). The van der Waals surface area contributed by atoms with Gasteiger partial charge in [0, 0.05) is 6.54 Å². The summed E-state index contributed by atoms with van der Waals surface area (Å²) in [4.78, 5) is 13.9. The number of esters is 1. The highest BCUT2D eigenvalue weighted by molar-refractivity contribution is 9.11. The molecule has 1 aliphatic heterocycles. The van der Waals surface area contributed by atoms with E-state index in [0.717, 1.165) is 29.7 Å². The second-order valence-corrected chi connectivity index (χ2v) is 6.55. The highest BCUT2D eigenvalue weighted by Gasteiger charge is 2.29. The summed E-state index contributed by atoms with van der Waals surface area (Å²) < 4.78 is 6.01. The van der Waals surface area contributed by atoms with Crippen molar-refractivity contribution in [3.05, 3.63) is 20.8 Å². The summed E-state index contributed by atoms with van der Waals surface area (Å²) in [6.45, 7) is 1.81. The van der Waals surface area contributed by atoms with Crippen LogP contribution >= 0.6 is 27.3 Å². The summed E-state index contributed by atoms with van der Waals surface area (Å²) >= 11 is 5.15. The third kappa shape index (κ3) is 3.30. The lowest BCUT2D eigenvalue weighted by atomic mass is 10.0. The predicted octanol–water partition coefficient (Wildman–Crippen LogP) is 3.04. The monoisotopic (exact) mass is 317 g/mol. The molecule has 1 aromatic heterocycles. The van der Waals surface area contributed by atoms with Crippen molar-refractivity contribution in [2.45, 2.75) is 31.8 Å². The minimum Gasteiger partial charge on any atom is -0.468 e. The van der Waals surface area contributed by atoms with Crippen molar-refractivity contribution in [1.29, 1.82) is 0 Å². The number of nitrogens with zero attached hydrogens (tertiary/aromatic N) is 1. The number of hydrogen-bond donors (Lipinski definition) is 0. The molecule has 3 nitrogen and oxygen atoms in total. The fourth-order valence-electron chi connectivity index (χ4n) is 2.25. The normalized spacial score (nSPS) is 21.4. The fourth-order valence-corrected chi connectivity index (χ4v) is 3.45. The van der Waals surface area contributed by atoms with Gasteiger partial charge in [-0.15, -0.1) is 11.3 Å². The Bertz CT molecular complexity index is 394. The van der Waals surface area contributed by atoms with Gasteiger partial charge in [0.2, 0.25) is 0 Å². The molecule has 0 aliphatic carbocycles. The molecule has 0 spiro atoms. The molecule has 1 aromatic rings. The molecule has 0 N–H and O–H groups in total. The van der Waals surface area contributed by atoms with Crippen LogP contribution in [0, 0.1) is 0 Å². The van der Waals surface area contributed by atoms with Gasteiger partial charge in [-0.1, -0.05) is 6.42 Å². The minimum atomic E-state index is -0.0982. The van der Waals surface area contributed by atoms with Gasteiger partial charge in [0.25, 0.3) is 0 Å². The Morgan fingerprint density at radius 2 is 2.47 bits per heavy atom. The van der Waals surface area contributed by atoms with Gasteiger partial charge >= 0.3 is 5.97 Å². The smallest absolute Gasteiger partial charge is 0.323 e. The van der Waals surface area contributed by atoms with Crippen LogP contribution in [-0.4, -0.2) is 30.6 Å². The van der Waals surface area contributed by atoms with Gasteiger partial charge in [0.15, 0.2) is 0 Å². The van der Waals surface area contributed by atoms with E-state index in [0.29, 0.717) is 0 Å². The molecule has 0 radical (unpaired) electrons. The van der Waals surface area contributed by atoms with Crippen molar-refractivity contribution in [2.24, 2.45) is 0 Å². The quantitative estimate of drug-likeness (QED) is 0.802. The number of rotatable bonds is 3. The molecule has 0 saturated carbocycles. The van der Waals surface area contributed by atoms with Gasteiger partial charge in [0.05, 0.1) is 10.9 Å². The van der Waals surface area contributed by atoms with Crippen molar-refractivity contribution in [3.63, 3.8) is 0 Å². The third-order valence-electron chi connectivity index (χ3n) is 3.09. The van der Waals surface area contributed by atoms with Gasteiger partial charge in [-0.05, 0) is 52.3 Å². The number of piperidine rings is 1. The van der Waals surface area contributed by atoms with Crippen LogP contribution in [0.3, 0.4) is 0 Å². The number of carbonyl (C=O) groups is 1. The molecule has 0 amide bonds. The third-order valence-corrected chi connectivity index (χ3v) is 4.65. The van der Waals surface area contributed by atoms with Crippen molar-refractivity contribution in [1.82, 2.24) is 4.90 Å². The molecule has 5 heteroatoms. The maximum atomic E-state index is 11.7. The molecule has 0 unspecified atom stereocenters. The van der Waals surface area contributed by atoms with E-state index >= 15 is 0 Å². The van der Waals surface area contributed by atoms with Gasteiger partial charge in [-0.3, -0.25) is 9.69 Å². The maximum Gasteiger partial charge on any atom is 0.323 e. The topological polar surface area (TPSA) is 29.5 Å². The van der Waals surface area contributed by atoms with Crippen LogP contribution in [0.2, 0.25) is 0 Å². The standard InChI is InChI=1S/C12H16BrNO2S/c1-16-12(15)10-4-2-3-5-14(10)7-9-6-11(13)17-8-9/h6,8,10H,2-5,7H2,1H3/t10-/m1/s1. The first-order valence-corrected chi connectivity index (χ1v) is 7.43. The van der Waals surface area contributed by atoms with Gasteiger partial charge < -0.3 is 4.74 Å². The SMILES string of the molecule is COC(=O)[C@H]1CCCCN1Cc1csc(Br)c1. The molecule has 1 aliphatic rings. The first kappa shape index (κ1) is 13.1. The van der Waals surface area contributed by atoms with Crippen molar-refractivity contribution in [2.75, 3.05) is 13.7 Å². The van der Waals surface area contributed by atoms with E-state index in [-0.39, 0.29) is 12.0 Å². The zero-order valence-electron chi connectivity index (χ0n) is 9.82. The number of hydrogen-bond acceptors (Lipinski definition) is 4. The van der Waals surface area contributed by atoms with E-state index < -0.39 is 0 Å². The maximum absolute atomic E-state index is 11.7. The molecule has 1 atom stereocenters. The summed E-state index contributed by atoms with van der Waals surface area (Å²) in [5.41, 5.74) is 1.26. The van der Waals surface area contributed by atoms with Crippen LogP contribution in [0.25, 0.3) is 0 Å². The van der Waals surface area contributed by atoms with Crippen LogP contribution in [0.1, 0.15) is 24.8 Å². The van der Waals surface area contributed by atoms with E-state index in [1.807, 2.05) is 0 Å². The Hall–Kier alpha value is -0.390. The molecule has 1 fully saturated rings. The van der Waals surface area contributed by atoms with Crippen molar-refractivity contribution in [3.8, 4) is 0 Å². The highest BCUT2D eigenvalue weighted by Crippen LogP contribution is 2.25. The number of likely N-dealkylation sites (tertiary alicyclic amines) is 1. The van der Waals surface area contributed by atoms with E-state index in [1.165, 1.54) is 19.1 Å². The van der Waals surface area contributed by atoms with Gasteiger partial charge in [-0.25, -0.2) is 0 Å². The fraction of sp³-hybridized carbons (Fsp3) is 0.583. The van der Waals surface area contributed by atoms with Crippen LogP contribution in [0.5, 0.6) is 0 Å². The zero-order chi connectivity index (χ0) is 12.3. The lowest BCUT2D eigenvalue weighted by Gasteiger charge is -2.33. The largest absolute Gasteiger partial charge is 0.468 e. The molecule has 0 bridgehead atoms. The molecule has 1 saturated heterocycles. The number of halogens is 1. The Morgan fingerprint density at radius 3 is 3.12 bits per heavy atom. The highest BCUT2D eigenvalue weighted by atomic mass is 79.9. The van der Waals surface area contributed by atoms with E-state index in [9.17, 15) is 4.79 Å². The van der Waals surface area contributed by atoms with Gasteiger partial charge in [-0.2, -0.15) is 0 Å². The summed E-state index contributed by atoms with van der Waals surface area (Å²) in [5, 5.41) is 2.13. The second kappa shape index (κ2) is 5.98. The molecule has 17 heavy (non-hydrogen) atoms. The molecule has 0 aromatic carbocycles. The number of ether oxygens (including phenoxy) is 1. The summed E-state index contributed by atoms with van der Waals surface area (Å²) in [5.74, 6) is -0.0982. The molecular weight excluding hydrogens is 302 g/mol. The molecule has 94 valence electrons. The Balaban J connectivity index is 2.03. The summed E-state index contributed by atoms with van der Waals surface area (Å²) in [6, 6.07) is 2.06. The van der Waals surface area contributed by atoms with E-state index in [4.69, 9.17) is 4.74 Å². The molecule has 2 heterocycles. The lowest BCUT2D eigenvalue weighted by molar-refractivity contribution is -0.148. The first-order chi connectivity index (χ1) is 8.20. The van der Waals surface area contributed by atoms with Crippen LogP contribution in [0.4, 0.5) is 0 Å². The predicted molar refractivity (Wildman–Crippen MR) is 72.1 cm³/mol. The van der Waals surface area contributed by atoms with E-state index in [2.05, 4.69) is 32.3 Å². The van der Waals surface area contributed by atoms with Gasteiger partial charge in [0.1, 0.15) is 6.04 Å². The number of thiophene rings is 1. The van der Waals surface area contributed by atoms with Crippen LogP contribution in [0.15, 0.2) is 15.2 Å². The molecular formula is C12H16BrNO2S. The lowest BCUT2D eigenvalue weighted by Crippen LogP contribution is -2.44. The Labute approximate surface area is 114 Å². The first-order valence-electron chi connectivity index (χ1n) is 5.75. The Kier molecular flexibility index (Phi) is 4.59. The van der Waals surface area contributed by atoms with Crippen molar-refractivity contribution >= 4 is 33.2 Å². The number of methoxy groups -OCH3 is 1. The van der Waals surface area contributed by atoms with Crippen LogP contribution in [-0.2, 0) is 16.1 Å². The zero-order valence-corrected chi connectivity index (χ0v) is 12.2. The van der Waals surface area contributed by atoms with Crippen molar-refractivity contribution < 1.29 is 9.53 Å². The average Bonchev–Trinajstić information content (AvgIpc) is 2.74. The van der Waals surface area contributed by atoms with Crippen LogP contribution < -0.4 is 0 Å². The summed E-state index contributed by atoms with van der Waals surface area (Å²) in [6.07, 6.45) is 3.19.